The molecule has 0 fully saturated rings. The van der Waals surface area contributed by atoms with Gasteiger partial charge in [-0.3, -0.25) is 4.79 Å². The number of hydrogen-bond donors (Lipinski definition) is 4. The second-order valence-corrected chi connectivity index (χ2v) is 3.24. The Morgan fingerprint density at radius 1 is 1.62 bits per heavy atom. The number of nitrogens with zero attached hydrogens (tertiary/aromatic N) is 3. The maximum Gasteiger partial charge on any atom is 0.325 e. The number of hydrogen-bond acceptors (Lipinski definition) is 6. The van der Waals surface area contributed by atoms with Crippen molar-refractivity contribution in [1.82, 2.24) is 19.9 Å². The smallest absolute Gasteiger partial charge is 0.325 e. The molecule has 0 amide bonds. The molecule has 0 aromatic carbocycles. The average molecular weight is 222 g/mol. The van der Waals surface area contributed by atoms with Crippen LogP contribution < -0.4 is 11.1 Å². The van der Waals surface area contributed by atoms with Crippen molar-refractivity contribution in [3.63, 3.8) is 0 Å². The molecular formula is C8H10N6O2. The van der Waals surface area contributed by atoms with Crippen LogP contribution in [0.25, 0.3) is 11.2 Å². The number of aliphatic carboxylic acids is 1. The quantitative estimate of drug-likeness (QED) is 0.566. The van der Waals surface area contributed by atoms with Crippen molar-refractivity contribution in [3.05, 3.63) is 6.33 Å². The molecule has 0 aliphatic heterocycles. The number of anilines is 2. The Balaban J connectivity index is 2.35. The van der Waals surface area contributed by atoms with E-state index in [1.807, 2.05) is 0 Å². The minimum Gasteiger partial charge on any atom is -0.480 e. The first-order valence-electron chi connectivity index (χ1n) is 4.54. The standard InChI is InChI=1S/C8H10N6O2/c1-3(7(15)16)12-8-13-5(9)4-6(14-8)11-2-10-4/h2-3H,1H3,(H,15,16)(H4,9,10,11,12,13,14)/t3-/m0/s1. The van der Waals surface area contributed by atoms with Crippen molar-refractivity contribution in [2.24, 2.45) is 0 Å². The summed E-state index contributed by atoms with van der Waals surface area (Å²) >= 11 is 0. The van der Waals surface area contributed by atoms with E-state index in [0.717, 1.165) is 0 Å². The Bertz CT molecular complexity index is 536. The van der Waals surface area contributed by atoms with Crippen LogP contribution in [0.4, 0.5) is 11.8 Å². The molecule has 0 aliphatic carbocycles. The molecule has 8 heteroatoms. The average Bonchev–Trinajstić information content (AvgIpc) is 2.65. The van der Waals surface area contributed by atoms with Crippen LogP contribution >= 0.6 is 0 Å². The fourth-order valence-corrected chi connectivity index (χ4v) is 1.18. The zero-order valence-electron chi connectivity index (χ0n) is 8.43. The lowest BCUT2D eigenvalue weighted by molar-refractivity contribution is -0.137. The molecule has 0 spiro atoms. The van der Waals surface area contributed by atoms with Gasteiger partial charge in [-0.05, 0) is 6.92 Å². The third kappa shape index (κ3) is 1.72. The Morgan fingerprint density at radius 3 is 3.06 bits per heavy atom. The van der Waals surface area contributed by atoms with Gasteiger partial charge >= 0.3 is 5.97 Å². The first-order chi connectivity index (χ1) is 7.58. The molecule has 0 aliphatic rings. The number of fused-ring (bicyclic) bond motifs is 1. The highest BCUT2D eigenvalue weighted by molar-refractivity contribution is 5.83. The zero-order chi connectivity index (χ0) is 11.7. The van der Waals surface area contributed by atoms with Crippen molar-refractivity contribution in [2.75, 3.05) is 11.1 Å². The summed E-state index contributed by atoms with van der Waals surface area (Å²) < 4.78 is 0. The van der Waals surface area contributed by atoms with E-state index in [9.17, 15) is 4.79 Å². The lowest BCUT2D eigenvalue weighted by atomic mass is 10.3. The number of carbonyl (C=O) groups is 1. The molecule has 0 radical (unpaired) electrons. The van der Waals surface area contributed by atoms with Gasteiger partial charge < -0.3 is 21.1 Å². The molecule has 5 N–H and O–H groups in total. The van der Waals surface area contributed by atoms with Crippen LogP contribution in [0.2, 0.25) is 0 Å². The summed E-state index contributed by atoms with van der Waals surface area (Å²) in [6, 6.07) is -0.796. The van der Waals surface area contributed by atoms with Crippen LogP contribution in [0.3, 0.4) is 0 Å². The summed E-state index contributed by atoms with van der Waals surface area (Å²) in [5.41, 5.74) is 6.58. The van der Waals surface area contributed by atoms with Gasteiger partial charge in [0.05, 0.1) is 6.33 Å². The summed E-state index contributed by atoms with van der Waals surface area (Å²) in [6.07, 6.45) is 1.44. The predicted molar refractivity (Wildman–Crippen MR) is 56.8 cm³/mol. The Labute approximate surface area is 89.9 Å². The summed E-state index contributed by atoms with van der Waals surface area (Å²) in [6.45, 7) is 1.48. The minimum atomic E-state index is -0.996. The summed E-state index contributed by atoms with van der Waals surface area (Å²) in [5, 5.41) is 11.3. The van der Waals surface area contributed by atoms with E-state index in [-0.39, 0.29) is 11.8 Å². The molecule has 2 aromatic heterocycles. The Kier molecular flexibility index (Phi) is 2.31. The molecule has 2 heterocycles. The summed E-state index contributed by atoms with van der Waals surface area (Å²) in [4.78, 5) is 25.3. The maximum atomic E-state index is 10.6. The predicted octanol–water partition coefficient (Wildman–Crippen LogP) is -0.180. The molecule has 0 unspecified atom stereocenters. The molecule has 1 atom stereocenters. The van der Waals surface area contributed by atoms with Gasteiger partial charge in [0, 0.05) is 0 Å². The van der Waals surface area contributed by atoms with Gasteiger partial charge in [-0.25, -0.2) is 4.98 Å². The molecule has 84 valence electrons. The molecule has 8 nitrogen and oxygen atoms in total. The normalized spacial score (nSPS) is 12.6. The molecule has 2 aromatic rings. The molecule has 2 rings (SSSR count). The van der Waals surface area contributed by atoms with Crippen molar-refractivity contribution in [3.8, 4) is 0 Å². The molecular weight excluding hydrogens is 212 g/mol. The molecule has 16 heavy (non-hydrogen) atoms. The molecule has 0 bridgehead atoms. The number of nitrogens with two attached hydrogens (primary N) is 1. The van der Waals surface area contributed by atoms with Gasteiger partial charge in [0.25, 0.3) is 0 Å². The summed E-state index contributed by atoms with van der Waals surface area (Å²) in [7, 11) is 0. The van der Waals surface area contributed by atoms with Crippen LogP contribution in [-0.2, 0) is 4.79 Å². The lowest BCUT2D eigenvalue weighted by Crippen LogP contribution is -2.26. The topological polar surface area (TPSA) is 130 Å². The lowest BCUT2D eigenvalue weighted by Gasteiger charge is -2.08. The van der Waals surface area contributed by atoms with E-state index in [4.69, 9.17) is 10.8 Å². The van der Waals surface area contributed by atoms with Gasteiger partial charge in [-0.1, -0.05) is 0 Å². The first kappa shape index (κ1) is 10.1. The van der Waals surface area contributed by atoms with E-state index in [1.165, 1.54) is 13.3 Å². The van der Waals surface area contributed by atoms with Crippen LogP contribution in [-0.4, -0.2) is 37.1 Å². The minimum absolute atomic E-state index is 0.145. The van der Waals surface area contributed by atoms with Crippen molar-refractivity contribution in [1.29, 1.82) is 0 Å². The van der Waals surface area contributed by atoms with Gasteiger partial charge in [-0.15, -0.1) is 0 Å². The number of carboxylic acid groups (broad SMARTS) is 1. The number of aromatic amines is 1. The second kappa shape index (κ2) is 3.65. The number of nitrogen functional groups attached to an aromatic ring is 1. The number of carboxylic acids is 1. The Hall–Kier alpha value is -2.38. The van der Waals surface area contributed by atoms with Crippen LogP contribution in [0, 0.1) is 0 Å². The fourth-order valence-electron chi connectivity index (χ4n) is 1.18. The number of H-pyrrole nitrogens is 1. The number of nitrogens with one attached hydrogen (secondary N) is 2. The van der Waals surface area contributed by atoms with Crippen LogP contribution in [0.5, 0.6) is 0 Å². The van der Waals surface area contributed by atoms with Crippen molar-refractivity contribution in [2.45, 2.75) is 13.0 Å². The molecule has 0 saturated heterocycles. The number of rotatable bonds is 3. The third-order valence-corrected chi connectivity index (χ3v) is 2.03. The highest BCUT2D eigenvalue weighted by Crippen LogP contribution is 2.15. The van der Waals surface area contributed by atoms with E-state index in [2.05, 4.69) is 25.3 Å². The van der Waals surface area contributed by atoms with Gasteiger partial charge in [-0.2, -0.15) is 9.97 Å². The third-order valence-electron chi connectivity index (χ3n) is 2.03. The van der Waals surface area contributed by atoms with Crippen LogP contribution in [0.1, 0.15) is 6.92 Å². The maximum absolute atomic E-state index is 10.6. The van der Waals surface area contributed by atoms with Crippen LogP contribution in [0.15, 0.2) is 6.33 Å². The number of aromatic nitrogens is 4. The van der Waals surface area contributed by atoms with E-state index >= 15 is 0 Å². The highest BCUT2D eigenvalue weighted by Gasteiger charge is 2.13. The van der Waals surface area contributed by atoms with Gasteiger partial charge in [0.15, 0.2) is 11.5 Å². The van der Waals surface area contributed by atoms with E-state index in [0.29, 0.717) is 11.2 Å². The summed E-state index contributed by atoms with van der Waals surface area (Å²) in [5.74, 6) is -0.626. The Morgan fingerprint density at radius 2 is 2.38 bits per heavy atom. The monoisotopic (exact) mass is 222 g/mol. The second-order valence-electron chi connectivity index (χ2n) is 3.24. The highest BCUT2D eigenvalue weighted by atomic mass is 16.4. The molecule has 0 saturated carbocycles. The van der Waals surface area contributed by atoms with Gasteiger partial charge in [0.2, 0.25) is 5.95 Å². The van der Waals surface area contributed by atoms with Crippen molar-refractivity contribution >= 4 is 28.9 Å². The fraction of sp³-hybridized carbons (Fsp3) is 0.250. The van der Waals surface area contributed by atoms with E-state index in [1.54, 1.807) is 0 Å². The van der Waals surface area contributed by atoms with E-state index < -0.39 is 12.0 Å². The largest absolute Gasteiger partial charge is 0.480 e. The number of imidazole rings is 1. The van der Waals surface area contributed by atoms with Crippen molar-refractivity contribution < 1.29 is 9.90 Å². The first-order valence-corrected chi connectivity index (χ1v) is 4.54. The van der Waals surface area contributed by atoms with Gasteiger partial charge in [0.1, 0.15) is 11.6 Å². The SMILES string of the molecule is C[C@H](Nc1nc(N)c2[nH]cnc2n1)C(=O)O. The zero-order valence-corrected chi connectivity index (χ0v) is 8.43.